The molecule has 1 aromatic carbocycles. The van der Waals surface area contributed by atoms with Gasteiger partial charge in [0.1, 0.15) is 18.6 Å². The Morgan fingerprint density at radius 1 is 1.20 bits per heavy atom. The average molecular weight is 422 g/mol. The lowest BCUT2D eigenvalue weighted by molar-refractivity contribution is -0.389. The molecule has 0 aliphatic carbocycles. The molecule has 0 saturated carbocycles. The van der Waals surface area contributed by atoms with Crippen molar-refractivity contribution in [3.8, 4) is 28.8 Å². The molecular formula is C18H13F3N4O5. The molecular weight excluding hydrogens is 409 g/mol. The van der Waals surface area contributed by atoms with Gasteiger partial charge >= 0.3 is 18.2 Å². The second kappa shape index (κ2) is 7.54. The minimum atomic E-state index is -4.75. The van der Waals surface area contributed by atoms with E-state index >= 15 is 0 Å². The van der Waals surface area contributed by atoms with Crippen LogP contribution in [0.25, 0.3) is 11.1 Å². The van der Waals surface area contributed by atoms with Crippen molar-refractivity contribution in [1.82, 2.24) is 14.5 Å². The summed E-state index contributed by atoms with van der Waals surface area (Å²) in [5.74, 6) is -0.361. The lowest BCUT2D eigenvalue weighted by Crippen LogP contribution is -2.34. The molecule has 1 aliphatic heterocycles. The van der Waals surface area contributed by atoms with Crippen LogP contribution in [0.3, 0.4) is 0 Å². The van der Waals surface area contributed by atoms with Crippen molar-refractivity contribution < 1.29 is 32.3 Å². The van der Waals surface area contributed by atoms with E-state index in [1.54, 1.807) is 12.1 Å². The molecule has 30 heavy (non-hydrogen) atoms. The molecule has 0 bridgehead atoms. The topological polar surface area (TPSA) is 102 Å². The van der Waals surface area contributed by atoms with E-state index in [9.17, 15) is 23.3 Å². The summed E-state index contributed by atoms with van der Waals surface area (Å²) in [6.07, 6.45) is -2.45. The highest BCUT2D eigenvalue weighted by Crippen LogP contribution is 2.28. The number of imidazole rings is 1. The number of nitro groups is 1. The maximum Gasteiger partial charge on any atom is 0.573 e. The predicted molar refractivity (Wildman–Crippen MR) is 95.1 cm³/mol. The van der Waals surface area contributed by atoms with Crippen molar-refractivity contribution in [3.05, 3.63) is 58.9 Å². The Morgan fingerprint density at radius 2 is 1.97 bits per heavy atom. The molecule has 0 amide bonds. The second-order valence-corrected chi connectivity index (χ2v) is 6.30. The molecule has 0 unspecified atom stereocenters. The number of rotatable bonds is 5. The monoisotopic (exact) mass is 422 g/mol. The molecule has 1 aliphatic rings. The van der Waals surface area contributed by atoms with E-state index in [0.29, 0.717) is 11.1 Å². The first-order chi connectivity index (χ1) is 14.3. The van der Waals surface area contributed by atoms with Gasteiger partial charge in [0, 0.05) is 17.2 Å². The summed E-state index contributed by atoms with van der Waals surface area (Å²) in [7, 11) is 0. The van der Waals surface area contributed by atoms with Gasteiger partial charge < -0.3 is 24.3 Å². The van der Waals surface area contributed by atoms with Crippen LogP contribution in [0.2, 0.25) is 0 Å². The highest BCUT2D eigenvalue weighted by Gasteiger charge is 2.31. The summed E-state index contributed by atoms with van der Waals surface area (Å²) in [6.45, 7) is 0.412. The summed E-state index contributed by atoms with van der Waals surface area (Å²) in [6, 6.07) is 8.86. The van der Waals surface area contributed by atoms with E-state index in [4.69, 9.17) is 9.47 Å². The van der Waals surface area contributed by atoms with Crippen LogP contribution >= 0.6 is 0 Å². The zero-order valence-electron chi connectivity index (χ0n) is 15.1. The van der Waals surface area contributed by atoms with E-state index in [-0.39, 0.29) is 36.6 Å². The van der Waals surface area contributed by atoms with Crippen molar-refractivity contribution in [1.29, 1.82) is 0 Å². The maximum absolute atomic E-state index is 12.3. The molecule has 3 aromatic rings. The Hall–Kier alpha value is -3.83. The summed E-state index contributed by atoms with van der Waals surface area (Å²) in [5.41, 5.74) is 1.32. The quantitative estimate of drug-likeness (QED) is 0.457. The Balaban J connectivity index is 1.45. The Morgan fingerprint density at radius 3 is 2.67 bits per heavy atom. The molecule has 1 atom stereocenters. The van der Waals surface area contributed by atoms with Crippen molar-refractivity contribution in [2.45, 2.75) is 19.0 Å². The predicted octanol–water partition coefficient (Wildman–Crippen LogP) is 3.59. The standard InChI is InChI=1S/C18H13F3N4O5/c19-18(20,21)30-13-3-1-11(2-4-13)12-5-6-22-16(7-12)29-14-8-24-9-15(25(26)27)23-17(24)28-10-14/h1-7,9,14H,8,10H2/t14-/m0/s1. The zero-order chi connectivity index (χ0) is 21.3. The van der Waals surface area contributed by atoms with Gasteiger partial charge in [-0.05, 0) is 34.2 Å². The average Bonchev–Trinajstić information content (AvgIpc) is 3.11. The number of pyridine rings is 1. The smallest absolute Gasteiger partial charge is 0.469 e. The fourth-order valence-electron chi connectivity index (χ4n) is 2.90. The molecule has 4 rings (SSSR count). The van der Waals surface area contributed by atoms with Gasteiger partial charge in [-0.25, -0.2) is 4.98 Å². The fraction of sp³-hybridized carbons (Fsp3) is 0.222. The van der Waals surface area contributed by atoms with Crippen molar-refractivity contribution in [2.24, 2.45) is 0 Å². The Kier molecular flexibility index (Phi) is 4.90. The first-order valence-corrected chi connectivity index (χ1v) is 8.60. The minimum absolute atomic E-state index is 0.129. The Labute approximate surface area is 166 Å². The number of halogens is 3. The number of nitrogens with zero attached hydrogens (tertiary/aromatic N) is 4. The molecule has 0 fully saturated rings. The summed E-state index contributed by atoms with van der Waals surface area (Å²) in [5, 5.41) is 10.8. The second-order valence-electron chi connectivity index (χ2n) is 6.30. The van der Waals surface area contributed by atoms with Gasteiger partial charge in [0.25, 0.3) is 0 Å². The van der Waals surface area contributed by atoms with Crippen LogP contribution in [0.4, 0.5) is 19.0 Å². The van der Waals surface area contributed by atoms with Gasteiger partial charge in [-0.3, -0.25) is 4.57 Å². The largest absolute Gasteiger partial charge is 0.573 e. The van der Waals surface area contributed by atoms with Crippen LogP contribution in [0.1, 0.15) is 0 Å². The number of benzene rings is 1. The van der Waals surface area contributed by atoms with E-state index in [2.05, 4.69) is 14.7 Å². The highest BCUT2D eigenvalue weighted by atomic mass is 19.4. The molecule has 2 aromatic heterocycles. The first kappa shape index (κ1) is 19.5. The van der Waals surface area contributed by atoms with Crippen LogP contribution in [0.15, 0.2) is 48.8 Å². The van der Waals surface area contributed by atoms with Gasteiger partial charge in [0.05, 0.1) is 6.54 Å². The number of aromatic nitrogens is 3. The first-order valence-electron chi connectivity index (χ1n) is 8.60. The van der Waals surface area contributed by atoms with E-state index < -0.39 is 17.4 Å². The number of hydrogen-bond donors (Lipinski definition) is 0. The third kappa shape index (κ3) is 4.42. The molecule has 0 spiro atoms. The minimum Gasteiger partial charge on any atom is -0.469 e. The van der Waals surface area contributed by atoms with Gasteiger partial charge in [0.15, 0.2) is 6.10 Å². The van der Waals surface area contributed by atoms with E-state index in [0.717, 1.165) is 0 Å². The van der Waals surface area contributed by atoms with E-state index in [1.165, 1.54) is 41.2 Å². The van der Waals surface area contributed by atoms with Gasteiger partial charge in [0.2, 0.25) is 5.88 Å². The van der Waals surface area contributed by atoms with Crippen LogP contribution < -0.4 is 14.2 Å². The molecule has 156 valence electrons. The summed E-state index contributed by atoms with van der Waals surface area (Å²) >= 11 is 0. The number of fused-ring (bicyclic) bond motifs is 1. The third-order valence-corrected chi connectivity index (χ3v) is 4.16. The number of hydrogen-bond acceptors (Lipinski definition) is 7. The van der Waals surface area contributed by atoms with E-state index in [1.807, 2.05) is 0 Å². The molecule has 0 N–H and O–H groups in total. The molecule has 0 radical (unpaired) electrons. The van der Waals surface area contributed by atoms with Crippen LogP contribution in [0.5, 0.6) is 17.6 Å². The Bertz CT molecular complexity index is 1070. The van der Waals surface area contributed by atoms with Crippen molar-refractivity contribution in [2.75, 3.05) is 6.61 Å². The van der Waals surface area contributed by atoms with Crippen LogP contribution in [-0.4, -0.2) is 38.5 Å². The number of alkyl halides is 3. The molecule has 0 saturated heterocycles. The lowest BCUT2D eigenvalue weighted by atomic mass is 10.1. The zero-order valence-corrected chi connectivity index (χ0v) is 15.1. The van der Waals surface area contributed by atoms with Crippen LogP contribution in [-0.2, 0) is 6.54 Å². The molecule has 9 nitrogen and oxygen atoms in total. The summed E-state index contributed by atoms with van der Waals surface area (Å²) < 4.78 is 53.4. The maximum atomic E-state index is 12.3. The lowest BCUT2D eigenvalue weighted by Gasteiger charge is -2.22. The summed E-state index contributed by atoms with van der Waals surface area (Å²) in [4.78, 5) is 18.1. The van der Waals surface area contributed by atoms with Crippen molar-refractivity contribution in [3.63, 3.8) is 0 Å². The van der Waals surface area contributed by atoms with Crippen molar-refractivity contribution >= 4 is 5.82 Å². The van der Waals surface area contributed by atoms with Crippen LogP contribution in [0, 0.1) is 10.1 Å². The van der Waals surface area contributed by atoms with Gasteiger partial charge in [-0.15, -0.1) is 13.2 Å². The SMILES string of the molecule is O=[N+]([O-])c1cn2c(n1)OC[C@@H](Oc1cc(-c3ccc(OC(F)(F)F)cc3)ccn1)C2. The fourth-order valence-corrected chi connectivity index (χ4v) is 2.90. The normalized spacial score (nSPS) is 15.8. The van der Waals surface area contributed by atoms with Gasteiger partial charge in [-0.2, -0.15) is 0 Å². The van der Waals surface area contributed by atoms with Gasteiger partial charge in [-0.1, -0.05) is 12.1 Å². The number of ether oxygens (including phenoxy) is 3. The molecule has 12 heteroatoms. The highest BCUT2D eigenvalue weighted by molar-refractivity contribution is 5.64. The molecule has 3 heterocycles. The third-order valence-electron chi connectivity index (χ3n) is 4.16.